The summed E-state index contributed by atoms with van der Waals surface area (Å²) in [7, 11) is 0. The molecular formula is C20H19Cl2FN4O2. The van der Waals surface area contributed by atoms with E-state index in [1.807, 2.05) is 25.3 Å². The number of rotatable bonds is 6. The lowest BCUT2D eigenvalue weighted by molar-refractivity contribution is 0.0940. The van der Waals surface area contributed by atoms with Crippen molar-refractivity contribution in [3.63, 3.8) is 0 Å². The highest BCUT2D eigenvalue weighted by molar-refractivity contribution is 6.33. The molecule has 1 heterocycles. The van der Waals surface area contributed by atoms with Gasteiger partial charge >= 0.3 is 0 Å². The Morgan fingerprint density at radius 2 is 1.90 bits per heavy atom. The Hall–Kier alpha value is -2.64. The van der Waals surface area contributed by atoms with Crippen LogP contribution in [0.1, 0.15) is 37.0 Å². The summed E-state index contributed by atoms with van der Waals surface area (Å²) in [5, 5.41) is 9.06. The molecule has 0 atom stereocenters. The lowest BCUT2D eigenvalue weighted by Crippen LogP contribution is -2.30. The van der Waals surface area contributed by atoms with Crippen molar-refractivity contribution >= 4 is 29.1 Å². The second-order valence-corrected chi connectivity index (χ2v) is 7.65. The molecule has 0 aliphatic carbocycles. The fourth-order valence-electron chi connectivity index (χ4n) is 2.98. The fraction of sp³-hybridized carbons (Fsp3) is 0.250. The minimum atomic E-state index is -0.928. The van der Waals surface area contributed by atoms with E-state index in [9.17, 15) is 9.18 Å². The third-order valence-corrected chi connectivity index (χ3v) is 4.97. The molecule has 29 heavy (non-hydrogen) atoms. The van der Waals surface area contributed by atoms with Crippen molar-refractivity contribution in [1.29, 1.82) is 0 Å². The van der Waals surface area contributed by atoms with Crippen LogP contribution in [0.3, 0.4) is 0 Å². The zero-order valence-electron chi connectivity index (χ0n) is 16.0. The first-order valence-electron chi connectivity index (χ1n) is 8.81. The van der Waals surface area contributed by atoms with Gasteiger partial charge in [-0.15, -0.1) is 10.2 Å². The number of hydrogen-bond donors (Lipinski definition) is 1. The van der Waals surface area contributed by atoms with Gasteiger partial charge in [-0.2, -0.15) is 0 Å². The Bertz CT molecular complexity index is 1080. The van der Waals surface area contributed by atoms with E-state index in [2.05, 4.69) is 10.2 Å². The molecule has 3 aromatic rings. The number of nitrogens with zero attached hydrogens (tertiary/aromatic N) is 3. The standard InChI is InChI=1S/C20H19Cl2FN4O2/c1-4-27-18(13-7-5-11(17(24)28)9-14(13)21)25-26-19(27)20(2,3)29-16-8-6-12(23)10-15(16)22/h5-10H,4H2,1-3H3,(H2,24,28). The average molecular weight is 437 g/mol. The Morgan fingerprint density at radius 3 is 2.48 bits per heavy atom. The normalized spacial score (nSPS) is 11.5. The predicted molar refractivity (Wildman–Crippen MR) is 110 cm³/mol. The van der Waals surface area contributed by atoms with E-state index in [1.165, 1.54) is 24.3 Å². The van der Waals surface area contributed by atoms with Crippen LogP contribution in [0.4, 0.5) is 4.39 Å². The van der Waals surface area contributed by atoms with E-state index in [0.29, 0.717) is 40.1 Å². The molecule has 152 valence electrons. The third-order valence-electron chi connectivity index (χ3n) is 4.36. The number of aromatic nitrogens is 3. The van der Waals surface area contributed by atoms with Crippen LogP contribution in [0, 0.1) is 5.82 Å². The van der Waals surface area contributed by atoms with Crippen LogP contribution in [0.2, 0.25) is 10.0 Å². The number of amides is 1. The van der Waals surface area contributed by atoms with Gasteiger partial charge in [-0.05, 0) is 57.2 Å². The number of hydrogen-bond acceptors (Lipinski definition) is 4. The molecule has 0 saturated carbocycles. The topological polar surface area (TPSA) is 83.0 Å². The number of primary amides is 1. The Morgan fingerprint density at radius 1 is 1.17 bits per heavy atom. The molecule has 0 spiro atoms. The van der Waals surface area contributed by atoms with Gasteiger partial charge in [-0.25, -0.2) is 4.39 Å². The summed E-state index contributed by atoms with van der Waals surface area (Å²) >= 11 is 12.4. The van der Waals surface area contributed by atoms with E-state index < -0.39 is 17.3 Å². The molecule has 0 aliphatic rings. The lowest BCUT2D eigenvalue weighted by atomic mass is 10.1. The van der Waals surface area contributed by atoms with Gasteiger partial charge in [0.2, 0.25) is 5.91 Å². The maximum Gasteiger partial charge on any atom is 0.248 e. The van der Waals surface area contributed by atoms with E-state index in [0.717, 1.165) is 0 Å². The van der Waals surface area contributed by atoms with Gasteiger partial charge in [0.1, 0.15) is 11.6 Å². The van der Waals surface area contributed by atoms with Crippen LogP contribution in [0.15, 0.2) is 36.4 Å². The molecule has 0 radical (unpaired) electrons. The van der Waals surface area contributed by atoms with Gasteiger partial charge in [-0.3, -0.25) is 4.79 Å². The second-order valence-electron chi connectivity index (χ2n) is 6.84. The second kappa shape index (κ2) is 8.00. The number of carbonyl (C=O) groups is 1. The van der Waals surface area contributed by atoms with E-state index in [4.69, 9.17) is 33.7 Å². The molecule has 0 aliphatic heterocycles. The molecule has 6 nitrogen and oxygen atoms in total. The minimum absolute atomic E-state index is 0.158. The van der Waals surface area contributed by atoms with Crippen LogP contribution >= 0.6 is 23.2 Å². The maximum absolute atomic E-state index is 13.3. The number of halogens is 3. The highest BCUT2D eigenvalue weighted by Gasteiger charge is 2.32. The third kappa shape index (κ3) is 4.21. The highest BCUT2D eigenvalue weighted by atomic mass is 35.5. The van der Waals surface area contributed by atoms with Gasteiger partial charge in [0.25, 0.3) is 0 Å². The summed E-state index contributed by atoms with van der Waals surface area (Å²) in [4.78, 5) is 11.4. The van der Waals surface area contributed by atoms with Crippen molar-refractivity contribution in [2.75, 3.05) is 0 Å². The smallest absolute Gasteiger partial charge is 0.248 e. The average Bonchev–Trinajstić information content (AvgIpc) is 3.08. The van der Waals surface area contributed by atoms with Crippen molar-refractivity contribution < 1.29 is 13.9 Å². The highest BCUT2D eigenvalue weighted by Crippen LogP contribution is 2.35. The van der Waals surface area contributed by atoms with Crippen molar-refractivity contribution in [3.05, 3.63) is 63.6 Å². The fourth-order valence-corrected chi connectivity index (χ4v) is 3.45. The van der Waals surface area contributed by atoms with Crippen LogP contribution in [-0.2, 0) is 12.1 Å². The van der Waals surface area contributed by atoms with Crippen LogP contribution in [-0.4, -0.2) is 20.7 Å². The maximum atomic E-state index is 13.3. The molecule has 0 bridgehead atoms. The number of nitrogens with two attached hydrogens (primary N) is 1. The Balaban J connectivity index is 2.01. The Kier molecular flexibility index (Phi) is 5.82. The van der Waals surface area contributed by atoms with E-state index in [1.54, 1.807) is 12.1 Å². The number of ether oxygens (including phenoxy) is 1. The molecule has 2 N–H and O–H groups in total. The van der Waals surface area contributed by atoms with Gasteiger partial charge in [0, 0.05) is 17.7 Å². The predicted octanol–water partition coefficient (Wildman–Crippen LogP) is 4.82. The van der Waals surface area contributed by atoms with E-state index >= 15 is 0 Å². The van der Waals surface area contributed by atoms with Gasteiger partial charge in [0.05, 0.1) is 10.0 Å². The molecule has 0 saturated heterocycles. The number of benzene rings is 2. The zero-order valence-corrected chi connectivity index (χ0v) is 17.6. The summed E-state index contributed by atoms with van der Waals surface area (Å²) in [6.45, 7) is 6.09. The van der Waals surface area contributed by atoms with Crippen LogP contribution in [0.5, 0.6) is 5.75 Å². The first-order valence-corrected chi connectivity index (χ1v) is 9.57. The van der Waals surface area contributed by atoms with Gasteiger partial charge < -0.3 is 15.0 Å². The quantitative estimate of drug-likeness (QED) is 0.599. The van der Waals surface area contributed by atoms with Crippen molar-refractivity contribution in [3.8, 4) is 17.1 Å². The molecule has 0 unspecified atom stereocenters. The first kappa shape index (κ1) is 21.1. The zero-order chi connectivity index (χ0) is 21.3. The van der Waals surface area contributed by atoms with Gasteiger partial charge in [-0.1, -0.05) is 23.2 Å². The monoisotopic (exact) mass is 436 g/mol. The molecule has 3 rings (SSSR count). The summed E-state index contributed by atoms with van der Waals surface area (Å²) in [5.74, 6) is 0.361. The molecule has 2 aromatic carbocycles. The largest absolute Gasteiger partial charge is 0.478 e. The summed E-state index contributed by atoms with van der Waals surface area (Å²) < 4.78 is 21.2. The summed E-state index contributed by atoms with van der Waals surface area (Å²) in [6.07, 6.45) is 0. The van der Waals surface area contributed by atoms with Gasteiger partial charge in [0.15, 0.2) is 17.2 Å². The molecule has 1 amide bonds. The van der Waals surface area contributed by atoms with Crippen molar-refractivity contribution in [1.82, 2.24) is 14.8 Å². The summed E-state index contributed by atoms with van der Waals surface area (Å²) in [6, 6.07) is 8.67. The SMILES string of the molecule is CCn1c(-c2ccc(C(N)=O)cc2Cl)nnc1C(C)(C)Oc1ccc(F)cc1Cl. The van der Waals surface area contributed by atoms with Crippen molar-refractivity contribution in [2.24, 2.45) is 5.73 Å². The Labute approximate surface area is 177 Å². The summed E-state index contributed by atoms with van der Waals surface area (Å²) in [5.41, 5.74) is 5.28. The molecule has 9 heteroatoms. The van der Waals surface area contributed by atoms with E-state index in [-0.39, 0.29) is 5.02 Å². The van der Waals surface area contributed by atoms with Crippen LogP contribution in [0.25, 0.3) is 11.4 Å². The molecule has 0 fully saturated rings. The number of carbonyl (C=O) groups excluding carboxylic acids is 1. The minimum Gasteiger partial charge on any atom is -0.478 e. The lowest BCUT2D eigenvalue weighted by Gasteiger charge is -2.26. The molecular weight excluding hydrogens is 418 g/mol. The molecule has 1 aromatic heterocycles. The van der Waals surface area contributed by atoms with Crippen LogP contribution < -0.4 is 10.5 Å². The first-order chi connectivity index (χ1) is 13.6. The van der Waals surface area contributed by atoms with Crippen molar-refractivity contribution in [2.45, 2.75) is 32.9 Å².